The molecule has 9 heteroatoms. The summed E-state index contributed by atoms with van der Waals surface area (Å²) in [5, 5.41) is 7.53. The van der Waals surface area contributed by atoms with Gasteiger partial charge < -0.3 is 19.9 Å². The monoisotopic (exact) mass is 449 g/mol. The number of benzene rings is 1. The van der Waals surface area contributed by atoms with Crippen molar-refractivity contribution in [1.29, 1.82) is 0 Å². The minimum atomic E-state index is -3.35. The summed E-state index contributed by atoms with van der Waals surface area (Å²) in [7, 11) is -3.35. The molecule has 1 fully saturated rings. The number of hydrogen-bond donors (Lipinski definition) is 3. The molecule has 1 aromatic heterocycles. The molecule has 1 atom stereocenters. The Hall–Kier alpha value is -2.10. The van der Waals surface area contributed by atoms with Crippen LogP contribution in [0, 0.1) is 0 Å². The third kappa shape index (κ3) is 7.83. The topological polar surface area (TPSA) is 96.8 Å². The van der Waals surface area contributed by atoms with E-state index in [2.05, 4.69) is 55.4 Å². The number of rotatable bonds is 11. The second-order valence-corrected chi connectivity index (χ2v) is 9.69. The summed E-state index contributed by atoms with van der Waals surface area (Å²) in [6.07, 6.45) is 6.06. The molecule has 0 saturated carbocycles. The number of aromatic nitrogens is 1. The highest BCUT2D eigenvalue weighted by molar-refractivity contribution is 7.89. The minimum absolute atomic E-state index is 0.000505. The molecule has 31 heavy (non-hydrogen) atoms. The van der Waals surface area contributed by atoms with Crippen LogP contribution >= 0.6 is 0 Å². The fourth-order valence-electron chi connectivity index (χ4n) is 3.67. The van der Waals surface area contributed by atoms with Crippen molar-refractivity contribution in [3.63, 3.8) is 0 Å². The van der Waals surface area contributed by atoms with E-state index in [0.29, 0.717) is 25.6 Å². The smallest absolute Gasteiger partial charge is 0.213 e. The molecule has 0 bridgehead atoms. The molecular formula is C22H35N5O3S. The quantitative estimate of drug-likeness (QED) is 0.277. The van der Waals surface area contributed by atoms with Crippen molar-refractivity contribution in [2.45, 2.75) is 45.3 Å². The molecule has 0 amide bonds. The highest BCUT2D eigenvalue weighted by atomic mass is 32.2. The van der Waals surface area contributed by atoms with Crippen molar-refractivity contribution in [2.75, 3.05) is 38.5 Å². The minimum Gasteiger partial charge on any atom is -0.377 e. The lowest BCUT2D eigenvalue weighted by Gasteiger charge is -2.22. The van der Waals surface area contributed by atoms with Crippen LogP contribution in [0.4, 0.5) is 0 Å². The first-order valence-electron chi connectivity index (χ1n) is 11.2. The maximum absolute atomic E-state index is 12.2. The zero-order valence-electron chi connectivity index (χ0n) is 18.3. The van der Waals surface area contributed by atoms with Gasteiger partial charge in [0.2, 0.25) is 10.0 Å². The zero-order valence-corrected chi connectivity index (χ0v) is 19.2. The van der Waals surface area contributed by atoms with Crippen molar-refractivity contribution in [1.82, 2.24) is 19.9 Å². The Kier molecular flexibility index (Phi) is 9.17. The fraction of sp³-hybridized carbons (Fsp3) is 0.591. The maximum atomic E-state index is 12.2. The molecule has 3 N–H and O–H groups in total. The van der Waals surface area contributed by atoms with Gasteiger partial charge in [0.15, 0.2) is 5.96 Å². The SMILES string of the molecule is CCNC(=NCCCn1ccc2ccccc21)NCCS(=O)(=O)NCC1CCCCO1. The number of guanidine groups is 1. The summed E-state index contributed by atoms with van der Waals surface area (Å²) in [5.41, 5.74) is 1.23. The highest BCUT2D eigenvalue weighted by Crippen LogP contribution is 2.15. The van der Waals surface area contributed by atoms with Crippen LogP contribution in [-0.4, -0.2) is 63.6 Å². The molecule has 0 spiro atoms. The van der Waals surface area contributed by atoms with E-state index >= 15 is 0 Å². The first kappa shape index (κ1) is 23.6. The number of ether oxygens (including phenoxy) is 1. The van der Waals surface area contributed by atoms with Gasteiger partial charge in [0.05, 0.1) is 11.9 Å². The van der Waals surface area contributed by atoms with Gasteiger partial charge >= 0.3 is 0 Å². The molecule has 1 aliphatic heterocycles. The molecule has 2 aromatic rings. The van der Waals surface area contributed by atoms with Gasteiger partial charge in [-0.25, -0.2) is 13.1 Å². The molecule has 2 heterocycles. The van der Waals surface area contributed by atoms with Crippen LogP contribution in [0.15, 0.2) is 41.5 Å². The van der Waals surface area contributed by atoms with E-state index in [1.54, 1.807) is 0 Å². The number of sulfonamides is 1. The lowest BCUT2D eigenvalue weighted by Crippen LogP contribution is -2.42. The van der Waals surface area contributed by atoms with Crippen LogP contribution in [0.25, 0.3) is 10.9 Å². The van der Waals surface area contributed by atoms with Crippen LogP contribution in [0.1, 0.15) is 32.6 Å². The van der Waals surface area contributed by atoms with E-state index in [9.17, 15) is 8.42 Å². The van der Waals surface area contributed by atoms with Crippen LogP contribution in [0.3, 0.4) is 0 Å². The summed E-state index contributed by atoms with van der Waals surface area (Å²) < 4.78 is 35.0. The molecule has 1 unspecified atom stereocenters. The molecule has 1 saturated heterocycles. The molecule has 0 radical (unpaired) electrons. The maximum Gasteiger partial charge on any atom is 0.213 e. The van der Waals surface area contributed by atoms with Gasteiger partial charge in [-0.15, -0.1) is 0 Å². The second-order valence-electron chi connectivity index (χ2n) is 7.76. The van der Waals surface area contributed by atoms with E-state index in [1.807, 2.05) is 13.0 Å². The van der Waals surface area contributed by atoms with E-state index in [-0.39, 0.29) is 11.9 Å². The highest BCUT2D eigenvalue weighted by Gasteiger charge is 2.17. The summed E-state index contributed by atoms with van der Waals surface area (Å²) >= 11 is 0. The summed E-state index contributed by atoms with van der Waals surface area (Å²) in [4.78, 5) is 4.58. The number of nitrogens with zero attached hydrogens (tertiary/aromatic N) is 2. The van der Waals surface area contributed by atoms with E-state index in [1.165, 1.54) is 10.9 Å². The number of para-hydroxylation sites is 1. The Balaban J connectivity index is 1.39. The molecule has 172 valence electrons. The lowest BCUT2D eigenvalue weighted by molar-refractivity contribution is 0.0200. The first-order chi connectivity index (χ1) is 15.1. The molecular weight excluding hydrogens is 414 g/mol. The number of nitrogens with one attached hydrogen (secondary N) is 3. The Morgan fingerprint density at radius 2 is 2.10 bits per heavy atom. The zero-order chi connectivity index (χ0) is 21.9. The van der Waals surface area contributed by atoms with Gasteiger partial charge in [0.1, 0.15) is 0 Å². The predicted molar refractivity (Wildman–Crippen MR) is 126 cm³/mol. The third-order valence-electron chi connectivity index (χ3n) is 5.32. The average molecular weight is 450 g/mol. The molecule has 0 aliphatic carbocycles. The Bertz CT molecular complexity index is 936. The number of aliphatic imine (C=N–C) groups is 1. The Labute approximate surface area is 185 Å². The number of aryl methyl sites for hydroxylation is 1. The van der Waals surface area contributed by atoms with Gasteiger partial charge in [0, 0.05) is 51.0 Å². The average Bonchev–Trinajstić information content (AvgIpc) is 3.19. The van der Waals surface area contributed by atoms with E-state index < -0.39 is 10.0 Å². The van der Waals surface area contributed by atoms with Crippen molar-refractivity contribution in [2.24, 2.45) is 4.99 Å². The normalized spacial score (nSPS) is 17.7. The van der Waals surface area contributed by atoms with Gasteiger partial charge in [-0.1, -0.05) is 18.2 Å². The molecule has 1 aliphatic rings. The van der Waals surface area contributed by atoms with E-state index in [4.69, 9.17) is 4.74 Å². The van der Waals surface area contributed by atoms with Gasteiger partial charge in [-0.2, -0.15) is 0 Å². The van der Waals surface area contributed by atoms with Crippen molar-refractivity contribution < 1.29 is 13.2 Å². The van der Waals surface area contributed by atoms with Crippen LogP contribution < -0.4 is 15.4 Å². The molecule has 3 rings (SSSR count). The van der Waals surface area contributed by atoms with E-state index in [0.717, 1.165) is 45.4 Å². The largest absolute Gasteiger partial charge is 0.377 e. The first-order valence-corrected chi connectivity index (χ1v) is 12.9. The van der Waals surface area contributed by atoms with Crippen molar-refractivity contribution in [3.05, 3.63) is 36.5 Å². The molecule has 8 nitrogen and oxygen atoms in total. The Morgan fingerprint density at radius 1 is 1.23 bits per heavy atom. The van der Waals surface area contributed by atoms with Gasteiger partial charge in [-0.05, 0) is 50.1 Å². The summed E-state index contributed by atoms with van der Waals surface area (Å²) in [6, 6.07) is 10.5. The lowest BCUT2D eigenvalue weighted by atomic mass is 10.1. The van der Waals surface area contributed by atoms with Crippen molar-refractivity contribution >= 4 is 26.9 Å². The number of hydrogen-bond acceptors (Lipinski definition) is 4. The van der Waals surface area contributed by atoms with Crippen LogP contribution in [-0.2, 0) is 21.3 Å². The van der Waals surface area contributed by atoms with Gasteiger partial charge in [0.25, 0.3) is 0 Å². The van der Waals surface area contributed by atoms with Gasteiger partial charge in [-0.3, -0.25) is 4.99 Å². The number of fused-ring (bicyclic) bond motifs is 1. The van der Waals surface area contributed by atoms with Crippen LogP contribution in [0.2, 0.25) is 0 Å². The third-order valence-corrected chi connectivity index (χ3v) is 6.67. The van der Waals surface area contributed by atoms with Crippen molar-refractivity contribution in [3.8, 4) is 0 Å². The predicted octanol–water partition coefficient (Wildman–Crippen LogP) is 2.08. The summed E-state index contributed by atoms with van der Waals surface area (Å²) in [5.74, 6) is 0.644. The molecule has 1 aromatic carbocycles. The fourth-order valence-corrected chi connectivity index (χ4v) is 4.63. The Morgan fingerprint density at radius 3 is 2.90 bits per heavy atom. The standard InChI is InChI=1S/C22H35N5O3S/c1-2-23-22(24-12-7-14-27-15-11-19-8-3-4-10-21(19)27)25-13-17-31(28,29)26-18-20-9-5-6-16-30-20/h3-4,8,10-11,15,20,26H,2,5-7,9,12-14,16-18H2,1H3,(H2,23,24,25). The van der Waals surface area contributed by atoms with Crippen LogP contribution in [0.5, 0.6) is 0 Å². The summed E-state index contributed by atoms with van der Waals surface area (Å²) in [6.45, 7) is 5.63. The second kappa shape index (κ2) is 12.1.